The van der Waals surface area contributed by atoms with Crippen molar-refractivity contribution in [2.24, 2.45) is 0 Å². The van der Waals surface area contributed by atoms with Crippen LogP contribution in [0.1, 0.15) is 19.8 Å². The zero-order valence-electron chi connectivity index (χ0n) is 9.13. The minimum absolute atomic E-state index is 0.123. The van der Waals surface area contributed by atoms with Crippen molar-refractivity contribution < 1.29 is 27.5 Å². The molecule has 2 N–H and O–H groups in total. The summed E-state index contributed by atoms with van der Waals surface area (Å²) in [4.78, 5) is 22.2. The van der Waals surface area contributed by atoms with Crippen LogP contribution in [-0.2, 0) is 9.53 Å². The Labute approximate surface area is 95.7 Å². The van der Waals surface area contributed by atoms with Crippen LogP contribution in [-0.4, -0.2) is 36.9 Å². The van der Waals surface area contributed by atoms with E-state index in [9.17, 15) is 22.8 Å². The summed E-state index contributed by atoms with van der Waals surface area (Å²) < 4.78 is 39.0. The fraction of sp³-hybridized carbons (Fsp3) is 0.778. The number of carbonyl (C=O) groups is 2. The standard InChI is InChI=1S/C9H13F3N2O3/c1-5(7(15)14-6-2-3-6)13-8(16)17-4-9(10,11)12/h5-6H,2-4H2,1H3,(H,13,16)(H,14,15). The average molecular weight is 254 g/mol. The lowest BCUT2D eigenvalue weighted by Gasteiger charge is -2.14. The van der Waals surface area contributed by atoms with Crippen molar-refractivity contribution in [1.82, 2.24) is 10.6 Å². The van der Waals surface area contributed by atoms with Crippen molar-refractivity contribution in [3.63, 3.8) is 0 Å². The van der Waals surface area contributed by atoms with Crippen molar-refractivity contribution in [3.8, 4) is 0 Å². The number of carbonyl (C=O) groups excluding carboxylic acids is 2. The molecule has 0 aromatic heterocycles. The molecule has 1 unspecified atom stereocenters. The molecular weight excluding hydrogens is 241 g/mol. The number of rotatable bonds is 4. The second kappa shape index (κ2) is 5.24. The normalized spacial score (nSPS) is 17.2. The number of nitrogens with one attached hydrogen (secondary N) is 2. The summed E-state index contributed by atoms with van der Waals surface area (Å²) in [5.41, 5.74) is 0. The number of hydrogen-bond donors (Lipinski definition) is 2. The Morgan fingerprint density at radius 3 is 2.47 bits per heavy atom. The van der Waals surface area contributed by atoms with Crippen LogP contribution in [0.3, 0.4) is 0 Å². The molecule has 1 saturated carbocycles. The van der Waals surface area contributed by atoms with Crippen molar-refractivity contribution >= 4 is 12.0 Å². The largest absolute Gasteiger partial charge is 0.440 e. The van der Waals surface area contributed by atoms with Crippen molar-refractivity contribution in [3.05, 3.63) is 0 Å². The number of amides is 2. The minimum Gasteiger partial charge on any atom is -0.440 e. The highest BCUT2D eigenvalue weighted by atomic mass is 19.4. The zero-order chi connectivity index (χ0) is 13.1. The Balaban J connectivity index is 2.22. The van der Waals surface area contributed by atoms with Crippen molar-refractivity contribution in [2.45, 2.75) is 38.0 Å². The number of alkyl carbamates (subject to hydrolysis) is 1. The summed E-state index contributed by atoms with van der Waals surface area (Å²) in [6, 6.07) is -0.797. The number of hydrogen-bond acceptors (Lipinski definition) is 3. The molecule has 0 aromatic rings. The molecule has 0 bridgehead atoms. The summed E-state index contributed by atoms with van der Waals surface area (Å²) in [7, 11) is 0. The Hall–Kier alpha value is -1.47. The lowest BCUT2D eigenvalue weighted by molar-refractivity contribution is -0.160. The Morgan fingerprint density at radius 1 is 1.41 bits per heavy atom. The van der Waals surface area contributed by atoms with E-state index in [1.807, 2.05) is 5.32 Å². The first-order valence-corrected chi connectivity index (χ1v) is 5.08. The van der Waals surface area contributed by atoms with Gasteiger partial charge in [0, 0.05) is 6.04 Å². The molecular formula is C9H13F3N2O3. The van der Waals surface area contributed by atoms with Gasteiger partial charge in [0.25, 0.3) is 0 Å². The lowest BCUT2D eigenvalue weighted by Crippen LogP contribution is -2.46. The van der Waals surface area contributed by atoms with Gasteiger partial charge >= 0.3 is 12.3 Å². The molecule has 8 heteroatoms. The maximum Gasteiger partial charge on any atom is 0.422 e. The van der Waals surface area contributed by atoms with Gasteiger partial charge in [-0.25, -0.2) is 4.79 Å². The van der Waals surface area contributed by atoms with Crippen molar-refractivity contribution in [1.29, 1.82) is 0 Å². The predicted octanol–water partition coefficient (Wildman–Crippen LogP) is 0.942. The van der Waals surface area contributed by atoms with E-state index >= 15 is 0 Å². The van der Waals surface area contributed by atoms with E-state index < -0.39 is 30.8 Å². The maximum atomic E-state index is 11.7. The van der Waals surface area contributed by atoms with Gasteiger partial charge in [-0.2, -0.15) is 13.2 Å². The summed E-state index contributed by atoms with van der Waals surface area (Å²) in [5, 5.41) is 4.61. The van der Waals surface area contributed by atoms with E-state index in [1.54, 1.807) is 0 Å². The zero-order valence-corrected chi connectivity index (χ0v) is 9.13. The molecule has 1 aliphatic carbocycles. The van der Waals surface area contributed by atoms with E-state index in [0.717, 1.165) is 12.8 Å². The second-order valence-electron chi connectivity index (χ2n) is 3.84. The van der Waals surface area contributed by atoms with Gasteiger partial charge in [-0.15, -0.1) is 0 Å². The van der Waals surface area contributed by atoms with Crippen LogP contribution in [0, 0.1) is 0 Å². The molecule has 0 saturated heterocycles. The Morgan fingerprint density at radius 2 is 2.00 bits per heavy atom. The van der Waals surface area contributed by atoms with Gasteiger partial charge < -0.3 is 15.4 Å². The molecule has 0 heterocycles. The molecule has 2 amide bonds. The molecule has 0 spiro atoms. The molecule has 1 rings (SSSR count). The first-order valence-electron chi connectivity index (χ1n) is 5.08. The van der Waals surface area contributed by atoms with Gasteiger partial charge in [-0.3, -0.25) is 4.79 Å². The number of alkyl halides is 3. The van der Waals surface area contributed by atoms with E-state index in [4.69, 9.17) is 0 Å². The number of halogens is 3. The molecule has 0 radical (unpaired) electrons. The molecule has 1 fully saturated rings. The fourth-order valence-electron chi connectivity index (χ4n) is 0.985. The van der Waals surface area contributed by atoms with E-state index in [-0.39, 0.29) is 6.04 Å². The molecule has 5 nitrogen and oxygen atoms in total. The fourth-order valence-corrected chi connectivity index (χ4v) is 0.985. The Kier molecular flexibility index (Phi) is 4.19. The van der Waals surface area contributed by atoms with Crippen LogP contribution in [0.25, 0.3) is 0 Å². The molecule has 1 aliphatic rings. The first kappa shape index (κ1) is 13.6. The van der Waals surface area contributed by atoms with Crippen LogP contribution in [0.15, 0.2) is 0 Å². The van der Waals surface area contributed by atoms with E-state index in [1.165, 1.54) is 6.92 Å². The molecule has 17 heavy (non-hydrogen) atoms. The maximum absolute atomic E-state index is 11.7. The van der Waals surface area contributed by atoms with Crippen LogP contribution in [0.4, 0.5) is 18.0 Å². The molecule has 1 atom stereocenters. The van der Waals surface area contributed by atoms with Crippen molar-refractivity contribution in [2.75, 3.05) is 6.61 Å². The third-order valence-corrected chi connectivity index (χ3v) is 2.02. The van der Waals surface area contributed by atoms with Crippen LogP contribution < -0.4 is 10.6 Å². The minimum atomic E-state index is -4.57. The summed E-state index contributed by atoms with van der Waals surface area (Å²) >= 11 is 0. The van der Waals surface area contributed by atoms with E-state index in [2.05, 4.69) is 10.1 Å². The topological polar surface area (TPSA) is 67.4 Å². The smallest absolute Gasteiger partial charge is 0.422 e. The molecule has 0 aliphatic heterocycles. The third-order valence-electron chi connectivity index (χ3n) is 2.02. The number of ether oxygens (including phenoxy) is 1. The third kappa shape index (κ3) is 5.98. The monoisotopic (exact) mass is 254 g/mol. The highest BCUT2D eigenvalue weighted by molar-refractivity contribution is 5.85. The summed E-state index contributed by atoms with van der Waals surface area (Å²) in [6.45, 7) is -0.303. The first-order chi connectivity index (χ1) is 7.78. The van der Waals surface area contributed by atoms with Crippen LogP contribution >= 0.6 is 0 Å². The summed E-state index contributed by atoms with van der Waals surface area (Å²) in [5.74, 6) is -0.434. The van der Waals surface area contributed by atoms with Crippen LogP contribution in [0.2, 0.25) is 0 Å². The highest BCUT2D eigenvalue weighted by Gasteiger charge is 2.30. The quantitative estimate of drug-likeness (QED) is 0.784. The SMILES string of the molecule is CC(NC(=O)OCC(F)(F)F)C(=O)NC1CC1. The molecule has 98 valence electrons. The van der Waals surface area contributed by atoms with Gasteiger partial charge in [-0.05, 0) is 19.8 Å². The van der Waals surface area contributed by atoms with Gasteiger partial charge in [0.2, 0.25) is 5.91 Å². The summed E-state index contributed by atoms with van der Waals surface area (Å²) in [6.07, 6.45) is -4.06. The predicted molar refractivity (Wildman–Crippen MR) is 51.2 cm³/mol. The van der Waals surface area contributed by atoms with E-state index in [0.29, 0.717) is 0 Å². The lowest BCUT2D eigenvalue weighted by atomic mass is 10.3. The average Bonchev–Trinajstić information content (AvgIpc) is 2.97. The van der Waals surface area contributed by atoms with Crippen LogP contribution in [0.5, 0.6) is 0 Å². The molecule has 0 aromatic carbocycles. The van der Waals surface area contributed by atoms with Gasteiger partial charge in [0.05, 0.1) is 0 Å². The van der Waals surface area contributed by atoms with Gasteiger partial charge in [0.15, 0.2) is 6.61 Å². The van der Waals surface area contributed by atoms with Gasteiger partial charge in [0.1, 0.15) is 6.04 Å². The van der Waals surface area contributed by atoms with Gasteiger partial charge in [-0.1, -0.05) is 0 Å². The highest BCUT2D eigenvalue weighted by Crippen LogP contribution is 2.18. The Bertz CT molecular complexity index is 302. The second-order valence-corrected chi connectivity index (χ2v) is 3.84.